The van der Waals surface area contributed by atoms with Gasteiger partial charge in [-0.3, -0.25) is 4.79 Å². The highest BCUT2D eigenvalue weighted by molar-refractivity contribution is 8.00. The summed E-state index contributed by atoms with van der Waals surface area (Å²) in [5, 5.41) is 18.3. The number of carbonyl (C=O) groups excluding carboxylic acids is 1. The van der Waals surface area contributed by atoms with Crippen LogP contribution in [0.4, 0.5) is 5.13 Å². The highest BCUT2D eigenvalue weighted by atomic mass is 35.5. The molecule has 30 heavy (non-hydrogen) atoms. The number of carbonyl (C=O) groups is 1. The van der Waals surface area contributed by atoms with E-state index in [4.69, 9.17) is 27.7 Å². The second-order valence-electron chi connectivity index (χ2n) is 5.90. The molecule has 0 unspecified atom stereocenters. The summed E-state index contributed by atoms with van der Waals surface area (Å²) in [5.41, 5.74) is 0.841. The second kappa shape index (κ2) is 9.88. The Kier molecular flexibility index (Phi) is 7.00. The number of nitrogens with one attached hydrogen (secondary N) is 1. The van der Waals surface area contributed by atoms with Crippen LogP contribution in [0.25, 0.3) is 10.7 Å². The van der Waals surface area contributed by atoms with Gasteiger partial charge in [0.1, 0.15) is 0 Å². The minimum atomic E-state index is -0.201. The van der Waals surface area contributed by atoms with Crippen LogP contribution in [-0.4, -0.2) is 26.2 Å². The van der Waals surface area contributed by atoms with Crippen molar-refractivity contribution < 1.29 is 9.32 Å². The fourth-order valence-corrected chi connectivity index (χ4v) is 5.55. The van der Waals surface area contributed by atoms with E-state index < -0.39 is 0 Å². The maximum atomic E-state index is 12.2. The third-order valence-electron chi connectivity index (χ3n) is 3.83. The number of aromatic nitrogens is 4. The fraction of sp³-hybridized carbons (Fsp3) is 0.167. The Balaban J connectivity index is 1.27. The number of hydrogen-bond acceptors (Lipinski definition) is 9. The normalized spacial score (nSPS) is 11.0. The molecular formula is C18H13Cl2N5O2S3. The van der Waals surface area contributed by atoms with Crippen molar-refractivity contribution in [1.29, 1.82) is 0 Å². The molecule has 0 aliphatic carbocycles. The summed E-state index contributed by atoms with van der Waals surface area (Å²) in [6.07, 6.45) is 0.541. The van der Waals surface area contributed by atoms with Gasteiger partial charge < -0.3 is 9.84 Å². The minimum Gasteiger partial charge on any atom is -0.339 e. The van der Waals surface area contributed by atoms with Gasteiger partial charge in [-0.05, 0) is 29.1 Å². The molecule has 1 aromatic carbocycles. The first kappa shape index (κ1) is 21.3. The van der Waals surface area contributed by atoms with Crippen LogP contribution in [0.1, 0.15) is 17.9 Å². The van der Waals surface area contributed by atoms with Crippen LogP contribution in [-0.2, 0) is 17.0 Å². The van der Waals surface area contributed by atoms with E-state index in [9.17, 15) is 4.79 Å². The van der Waals surface area contributed by atoms with Gasteiger partial charge >= 0.3 is 0 Å². The third-order valence-corrected chi connectivity index (χ3v) is 7.40. The average molecular weight is 498 g/mol. The van der Waals surface area contributed by atoms with Crippen LogP contribution in [0.5, 0.6) is 0 Å². The van der Waals surface area contributed by atoms with Gasteiger partial charge in [0.25, 0.3) is 0 Å². The smallest absolute Gasteiger partial charge is 0.227 e. The van der Waals surface area contributed by atoms with E-state index in [0.717, 1.165) is 10.4 Å². The van der Waals surface area contributed by atoms with Crippen LogP contribution in [0.2, 0.25) is 10.0 Å². The van der Waals surface area contributed by atoms with E-state index in [0.29, 0.717) is 43.4 Å². The van der Waals surface area contributed by atoms with Gasteiger partial charge in [0, 0.05) is 28.6 Å². The SMILES string of the molecule is O=C(CCc1nc(-c2cccs2)no1)Nc1nnc(SCc2c(Cl)cccc2Cl)s1. The highest BCUT2D eigenvalue weighted by Crippen LogP contribution is 2.33. The molecule has 0 saturated heterocycles. The number of halogens is 2. The van der Waals surface area contributed by atoms with Crippen molar-refractivity contribution in [3.63, 3.8) is 0 Å². The molecule has 4 rings (SSSR count). The van der Waals surface area contributed by atoms with Crippen LogP contribution in [0, 0.1) is 0 Å². The number of hydrogen-bond donors (Lipinski definition) is 1. The minimum absolute atomic E-state index is 0.198. The first-order valence-electron chi connectivity index (χ1n) is 8.64. The summed E-state index contributed by atoms with van der Waals surface area (Å²) >= 11 is 16.6. The lowest BCUT2D eigenvalue weighted by Gasteiger charge is -2.04. The molecule has 0 saturated carbocycles. The van der Waals surface area contributed by atoms with Crippen LogP contribution < -0.4 is 5.32 Å². The number of benzene rings is 1. The summed E-state index contributed by atoms with van der Waals surface area (Å²) < 4.78 is 5.91. The van der Waals surface area contributed by atoms with E-state index in [-0.39, 0.29) is 12.3 Å². The number of amides is 1. The molecule has 7 nitrogen and oxygen atoms in total. The van der Waals surface area contributed by atoms with E-state index in [2.05, 4.69) is 25.7 Å². The number of thiophene rings is 1. The Labute approximate surface area is 193 Å². The van der Waals surface area contributed by atoms with E-state index >= 15 is 0 Å². The van der Waals surface area contributed by atoms with Gasteiger partial charge in [-0.25, -0.2) is 0 Å². The monoisotopic (exact) mass is 497 g/mol. The topological polar surface area (TPSA) is 93.8 Å². The highest BCUT2D eigenvalue weighted by Gasteiger charge is 2.14. The summed E-state index contributed by atoms with van der Waals surface area (Å²) in [7, 11) is 0. The molecule has 154 valence electrons. The van der Waals surface area contributed by atoms with Crippen molar-refractivity contribution in [1.82, 2.24) is 20.3 Å². The van der Waals surface area contributed by atoms with Crippen molar-refractivity contribution in [3.8, 4) is 10.7 Å². The zero-order chi connectivity index (χ0) is 20.9. The Bertz CT molecular complexity index is 1130. The summed E-state index contributed by atoms with van der Waals surface area (Å²) in [5.74, 6) is 1.31. The number of thioether (sulfide) groups is 1. The molecule has 0 fully saturated rings. The predicted molar refractivity (Wildman–Crippen MR) is 120 cm³/mol. The van der Waals surface area contributed by atoms with Crippen molar-refractivity contribution in [2.24, 2.45) is 0 Å². The van der Waals surface area contributed by atoms with E-state index in [1.165, 1.54) is 34.4 Å². The molecule has 1 amide bonds. The molecule has 0 radical (unpaired) electrons. The quantitative estimate of drug-likeness (QED) is 0.242. The number of nitrogens with zero attached hydrogens (tertiary/aromatic N) is 4. The Morgan fingerprint density at radius 3 is 2.77 bits per heavy atom. The number of aryl methyl sites for hydroxylation is 1. The molecule has 3 heterocycles. The zero-order valence-corrected chi connectivity index (χ0v) is 19.1. The number of anilines is 1. The lowest BCUT2D eigenvalue weighted by atomic mass is 10.2. The van der Waals surface area contributed by atoms with Gasteiger partial charge in [0.15, 0.2) is 4.34 Å². The van der Waals surface area contributed by atoms with E-state index in [1.54, 1.807) is 18.2 Å². The third kappa shape index (κ3) is 5.38. The van der Waals surface area contributed by atoms with Crippen LogP contribution in [0.15, 0.2) is 44.6 Å². The molecule has 4 aromatic rings. The molecule has 0 atom stereocenters. The van der Waals surface area contributed by atoms with E-state index in [1.807, 2.05) is 17.5 Å². The predicted octanol–water partition coefficient (Wildman–Crippen LogP) is 5.82. The number of rotatable bonds is 8. The maximum absolute atomic E-state index is 12.2. The molecule has 0 aliphatic heterocycles. The van der Waals surface area contributed by atoms with Gasteiger partial charge in [-0.2, -0.15) is 4.98 Å². The molecule has 3 aromatic heterocycles. The molecular weight excluding hydrogens is 485 g/mol. The summed E-state index contributed by atoms with van der Waals surface area (Å²) in [6.45, 7) is 0. The van der Waals surface area contributed by atoms with Crippen molar-refractivity contribution in [2.75, 3.05) is 5.32 Å². The summed E-state index contributed by atoms with van der Waals surface area (Å²) in [6, 6.07) is 9.22. The lowest BCUT2D eigenvalue weighted by Crippen LogP contribution is -2.12. The maximum Gasteiger partial charge on any atom is 0.227 e. The van der Waals surface area contributed by atoms with Gasteiger partial charge in [0.2, 0.25) is 22.8 Å². The van der Waals surface area contributed by atoms with Crippen LogP contribution >= 0.6 is 57.6 Å². The van der Waals surface area contributed by atoms with Gasteiger partial charge in [-0.1, -0.05) is 63.6 Å². The second-order valence-corrected chi connectivity index (χ2v) is 9.86. The molecule has 0 bridgehead atoms. The summed E-state index contributed by atoms with van der Waals surface area (Å²) in [4.78, 5) is 17.4. The Morgan fingerprint density at radius 1 is 1.17 bits per heavy atom. The van der Waals surface area contributed by atoms with Crippen molar-refractivity contribution in [2.45, 2.75) is 22.9 Å². The first-order chi connectivity index (χ1) is 14.6. The molecule has 0 spiro atoms. The van der Waals surface area contributed by atoms with Crippen molar-refractivity contribution >= 4 is 68.7 Å². The Hall–Kier alpha value is -1.98. The largest absolute Gasteiger partial charge is 0.339 e. The molecule has 1 N–H and O–H groups in total. The lowest BCUT2D eigenvalue weighted by molar-refractivity contribution is -0.116. The fourth-order valence-electron chi connectivity index (χ4n) is 2.39. The molecule has 12 heteroatoms. The van der Waals surface area contributed by atoms with Gasteiger partial charge in [-0.15, -0.1) is 21.5 Å². The zero-order valence-electron chi connectivity index (χ0n) is 15.2. The first-order valence-corrected chi connectivity index (χ1v) is 12.1. The van der Waals surface area contributed by atoms with Crippen LogP contribution in [0.3, 0.4) is 0 Å². The average Bonchev–Trinajstić information content (AvgIpc) is 3.48. The standard InChI is InChI=1S/C18H13Cl2N5O2S3/c19-11-3-1-4-12(20)10(11)9-29-18-24-23-17(30-18)21-14(26)6-7-15-22-16(25-27-15)13-5-2-8-28-13/h1-5,8H,6-7,9H2,(H,21,23,26). The Morgan fingerprint density at radius 2 is 2.00 bits per heavy atom. The van der Waals surface area contributed by atoms with Gasteiger partial charge in [0.05, 0.1) is 4.88 Å². The molecule has 0 aliphatic rings. The van der Waals surface area contributed by atoms with Crippen molar-refractivity contribution in [3.05, 3.63) is 57.2 Å².